The van der Waals surface area contributed by atoms with E-state index in [9.17, 15) is 18.0 Å². The summed E-state index contributed by atoms with van der Waals surface area (Å²) in [6.07, 6.45) is -1.77. The summed E-state index contributed by atoms with van der Waals surface area (Å²) in [4.78, 5) is 16.3. The van der Waals surface area contributed by atoms with Crippen molar-refractivity contribution >= 4 is 11.9 Å². The van der Waals surface area contributed by atoms with E-state index >= 15 is 0 Å². The molecular weight excluding hydrogens is 461 g/mol. The molecule has 1 aromatic carbocycles. The van der Waals surface area contributed by atoms with E-state index in [0.29, 0.717) is 37.3 Å². The molecule has 2 heterocycles. The van der Waals surface area contributed by atoms with Crippen molar-refractivity contribution in [3.63, 3.8) is 0 Å². The molecule has 0 unspecified atom stereocenters. The summed E-state index contributed by atoms with van der Waals surface area (Å²) in [6, 6.07) is 7.96. The first-order chi connectivity index (χ1) is 16.2. The number of hydrogen-bond donors (Lipinski definition) is 0. The number of alkyl halides is 3. The maximum atomic E-state index is 12.6. The molecule has 3 saturated carbocycles. The topological polar surface area (TPSA) is 59.8 Å². The summed E-state index contributed by atoms with van der Waals surface area (Å²) in [6.45, 7) is 10.1. The van der Waals surface area contributed by atoms with Crippen LogP contribution in [0.5, 0.6) is 5.75 Å². The summed E-state index contributed by atoms with van der Waals surface area (Å²) < 4.78 is 49.1. The number of nitrogens with zero attached hydrogens (tertiary/aromatic N) is 4. The lowest BCUT2D eigenvalue weighted by Gasteiger charge is -2.69. The van der Waals surface area contributed by atoms with Crippen LogP contribution < -0.4 is 9.64 Å². The molecule has 2 bridgehead atoms. The van der Waals surface area contributed by atoms with Gasteiger partial charge in [0.15, 0.2) is 5.82 Å². The summed E-state index contributed by atoms with van der Waals surface area (Å²) in [5.41, 5.74) is 1.71. The Balaban J connectivity index is 1.36. The van der Waals surface area contributed by atoms with Gasteiger partial charge in [-0.3, -0.25) is 0 Å². The van der Waals surface area contributed by atoms with Gasteiger partial charge < -0.3 is 19.3 Å². The lowest BCUT2D eigenvalue weighted by atomic mass is 9.35. The molecule has 0 spiro atoms. The third-order valence-electron chi connectivity index (χ3n) is 7.11. The van der Waals surface area contributed by atoms with Gasteiger partial charge in [-0.1, -0.05) is 6.92 Å². The van der Waals surface area contributed by atoms with Gasteiger partial charge in [0.1, 0.15) is 11.4 Å². The molecule has 1 saturated heterocycles. The molecule has 1 aromatic heterocycles. The Bertz CT molecular complexity index is 1090. The third-order valence-corrected chi connectivity index (χ3v) is 7.11. The maximum Gasteiger partial charge on any atom is 0.573 e. The fourth-order valence-electron chi connectivity index (χ4n) is 5.90. The highest BCUT2D eigenvalue weighted by Crippen LogP contribution is 2.73. The van der Waals surface area contributed by atoms with Crippen molar-refractivity contribution in [3.8, 4) is 11.4 Å². The number of aromatic nitrogens is 2. The first-order valence-corrected chi connectivity index (χ1v) is 11.9. The SMILES string of the molecule is CC12CC(c3cc(N4CCN(C(=O)OC(C)(C)C)CC4)nn3-c3ccc(OC(F)(F)F)cc3)(C1)C2. The number of carbonyl (C=O) groups excluding carboxylic acids is 1. The Morgan fingerprint density at radius 1 is 1.00 bits per heavy atom. The normalized spacial score (nSPS) is 26.1. The molecule has 7 nitrogen and oxygen atoms in total. The van der Waals surface area contributed by atoms with Crippen LogP contribution in [0.1, 0.15) is 52.7 Å². The van der Waals surface area contributed by atoms with Crippen LogP contribution in [0.2, 0.25) is 0 Å². The average Bonchev–Trinajstić information content (AvgIpc) is 3.14. The van der Waals surface area contributed by atoms with Crippen molar-refractivity contribution in [2.24, 2.45) is 5.41 Å². The minimum Gasteiger partial charge on any atom is -0.444 e. The highest BCUT2D eigenvalue weighted by molar-refractivity contribution is 5.68. The molecular formula is C25H31F3N4O3. The molecule has 6 rings (SSSR count). The Morgan fingerprint density at radius 3 is 2.11 bits per heavy atom. The maximum absolute atomic E-state index is 12.6. The fourth-order valence-corrected chi connectivity index (χ4v) is 5.90. The Labute approximate surface area is 202 Å². The first kappa shape index (κ1) is 23.8. The van der Waals surface area contributed by atoms with E-state index in [1.165, 1.54) is 12.1 Å². The van der Waals surface area contributed by atoms with Crippen LogP contribution in [-0.2, 0) is 10.2 Å². The molecule has 0 radical (unpaired) electrons. The van der Waals surface area contributed by atoms with Gasteiger partial charge in [0.25, 0.3) is 0 Å². The Morgan fingerprint density at radius 2 is 1.60 bits per heavy atom. The third kappa shape index (κ3) is 4.67. The van der Waals surface area contributed by atoms with E-state index in [-0.39, 0.29) is 17.3 Å². The number of ether oxygens (including phenoxy) is 2. The van der Waals surface area contributed by atoms with Crippen LogP contribution in [0.4, 0.5) is 23.8 Å². The number of carbonyl (C=O) groups is 1. The quantitative estimate of drug-likeness (QED) is 0.582. The van der Waals surface area contributed by atoms with Crippen LogP contribution >= 0.6 is 0 Å². The minimum absolute atomic E-state index is 0.0689. The van der Waals surface area contributed by atoms with E-state index in [4.69, 9.17) is 9.84 Å². The number of rotatable bonds is 4. The molecule has 1 aliphatic heterocycles. The number of hydrogen-bond acceptors (Lipinski definition) is 5. The lowest BCUT2D eigenvalue weighted by molar-refractivity contribution is -0.274. The molecule has 4 fully saturated rings. The number of anilines is 1. The Kier molecular flexibility index (Phi) is 5.30. The van der Waals surface area contributed by atoms with E-state index in [2.05, 4.69) is 22.6 Å². The molecule has 35 heavy (non-hydrogen) atoms. The van der Waals surface area contributed by atoms with Crippen molar-refractivity contribution in [2.75, 3.05) is 31.1 Å². The molecule has 4 aliphatic rings. The van der Waals surface area contributed by atoms with Crippen molar-refractivity contribution in [2.45, 2.75) is 64.3 Å². The largest absolute Gasteiger partial charge is 0.573 e. The van der Waals surface area contributed by atoms with Gasteiger partial charge in [0.05, 0.1) is 11.4 Å². The van der Waals surface area contributed by atoms with Gasteiger partial charge in [-0.25, -0.2) is 9.48 Å². The second-order valence-electron chi connectivity index (χ2n) is 11.4. The zero-order valence-corrected chi connectivity index (χ0v) is 20.5. The van der Waals surface area contributed by atoms with E-state index in [0.717, 1.165) is 30.8 Å². The highest BCUT2D eigenvalue weighted by atomic mass is 19.4. The number of halogens is 3. The first-order valence-electron chi connectivity index (χ1n) is 11.9. The highest BCUT2D eigenvalue weighted by Gasteiger charge is 2.67. The lowest BCUT2D eigenvalue weighted by Crippen LogP contribution is -2.63. The zero-order chi connectivity index (χ0) is 25.2. The number of piperazine rings is 1. The van der Waals surface area contributed by atoms with Crippen molar-refractivity contribution in [1.82, 2.24) is 14.7 Å². The van der Waals surface area contributed by atoms with Crippen LogP contribution in [0.15, 0.2) is 30.3 Å². The summed E-state index contributed by atoms with van der Waals surface area (Å²) in [5.74, 6) is 0.556. The zero-order valence-electron chi connectivity index (χ0n) is 20.5. The standard InChI is InChI=1S/C25H31F3N4O3/c1-22(2,3)35-21(33)31-11-9-30(10-12-31)20-13-19(24-14-23(4,15-24)16-24)32(29-20)17-5-7-18(8-6-17)34-25(26,27)28/h5-8,13H,9-12,14-16H2,1-4H3. The van der Waals surface area contributed by atoms with Gasteiger partial charge in [-0.2, -0.15) is 0 Å². The van der Waals surface area contributed by atoms with Crippen LogP contribution in [0.3, 0.4) is 0 Å². The molecule has 1 amide bonds. The smallest absolute Gasteiger partial charge is 0.444 e. The number of amides is 1. The van der Waals surface area contributed by atoms with Crippen LogP contribution in [0, 0.1) is 5.41 Å². The monoisotopic (exact) mass is 492 g/mol. The van der Waals surface area contributed by atoms with Gasteiger partial charge in [0.2, 0.25) is 0 Å². The second-order valence-corrected chi connectivity index (χ2v) is 11.4. The summed E-state index contributed by atoms with van der Waals surface area (Å²) >= 11 is 0. The van der Waals surface area contributed by atoms with E-state index in [1.807, 2.05) is 25.5 Å². The molecule has 0 N–H and O–H groups in total. The predicted molar refractivity (Wildman–Crippen MR) is 124 cm³/mol. The minimum atomic E-state index is -4.73. The average molecular weight is 493 g/mol. The molecule has 3 aliphatic carbocycles. The molecule has 0 atom stereocenters. The van der Waals surface area contributed by atoms with Gasteiger partial charge in [-0.15, -0.1) is 18.3 Å². The Hall–Kier alpha value is -2.91. The molecule has 10 heteroatoms. The molecule has 2 aromatic rings. The van der Waals surface area contributed by atoms with Gasteiger partial charge >= 0.3 is 12.5 Å². The van der Waals surface area contributed by atoms with Crippen molar-refractivity contribution in [1.29, 1.82) is 0 Å². The molecule has 190 valence electrons. The van der Waals surface area contributed by atoms with Crippen LogP contribution in [-0.4, -0.2) is 58.9 Å². The van der Waals surface area contributed by atoms with E-state index in [1.54, 1.807) is 17.0 Å². The van der Waals surface area contributed by atoms with Crippen LogP contribution in [0.25, 0.3) is 5.69 Å². The van der Waals surface area contributed by atoms with E-state index < -0.39 is 12.0 Å². The summed E-state index contributed by atoms with van der Waals surface area (Å²) in [5, 5.41) is 4.88. The second kappa shape index (κ2) is 7.80. The van der Waals surface area contributed by atoms with Crippen molar-refractivity contribution < 1.29 is 27.4 Å². The number of benzene rings is 1. The van der Waals surface area contributed by atoms with Gasteiger partial charge in [0, 0.05) is 37.7 Å². The van der Waals surface area contributed by atoms with Crippen molar-refractivity contribution in [3.05, 3.63) is 36.0 Å². The summed E-state index contributed by atoms with van der Waals surface area (Å²) in [7, 11) is 0. The van der Waals surface area contributed by atoms with Gasteiger partial charge in [-0.05, 0) is 69.7 Å². The predicted octanol–water partition coefficient (Wildman–Crippen LogP) is 5.27. The fraction of sp³-hybridized carbons (Fsp3) is 0.600.